The van der Waals surface area contributed by atoms with Gasteiger partial charge in [-0.3, -0.25) is 9.18 Å². The highest BCUT2D eigenvalue weighted by atomic mass is 19.1. The van der Waals surface area contributed by atoms with Crippen molar-refractivity contribution in [2.24, 2.45) is 0 Å². The minimum Gasteiger partial charge on any atom is -0.478 e. The zero-order chi connectivity index (χ0) is 13.1. The summed E-state index contributed by atoms with van der Waals surface area (Å²) in [5.41, 5.74) is 1.77. The molecule has 1 N–H and O–H groups in total. The van der Waals surface area contributed by atoms with E-state index < -0.39 is 12.6 Å². The average Bonchev–Trinajstić information content (AvgIpc) is 2.37. The van der Waals surface area contributed by atoms with Crippen molar-refractivity contribution in [3.63, 3.8) is 0 Å². The number of benzene rings is 1. The van der Waals surface area contributed by atoms with Gasteiger partial charge in [-0.25, -0.2) is 4.79 Å². The zero-order valence-electron chi connectivity index (χ0n) is 9.86. The Labute approximate surface area is 104 Å². The number of carbonyl (C=O) groups is 2. The van der Waals surface area contributed by atoms with E-state index in [-0.39, 0.29) is 11.5 Å². The molecule has 1 aromatic carbocycles. The number of aryl methyl sites for hydroxylation is 1. The van der Waals surface area contributed by atoms with Crippen LogP contribution in [0.3, 0.4) is 0 Å². The van der Waals surface area contributed by atoms with Crippen molar-refractivity contribution in [2.45, 2.75) is 19.3 Å². The lowest BCUT2D eigenvalue weighted by atomic mass is 9.98. The number of hydrogen-bond donors (Lipinski definition) is 1. The van der Waals surface area contributed by atoms with Crippen LogP contribution in [0.4, 0.5) is 10.1 Å². The van der Waals surface area contributed by atoms with E-state index in [1.54, 1.807) is 17.0 Å². The first kappa shape index (κ1) is 12.5. The van der Waals surface area contributed by atoms with Gasteiger partial charge in [0.2, 0.25) is 5.91 Å². The highest BCUT2D eigenvalue weighted by molar-refractivity contribution is 5.97. The van der Waals surface area contributed by atoms with Crippen molar-refractivity contribution in [1.82, 2.24) is 0 Å². The molecule has 1 aliphatic heterocycles. The van der Waals surface area contributed by atoms with Gasteiger partial charge in [0.1, 0.15) is 0 Å². The molecule has 4 nitrogen and oxygen atoms in total. The molecule has 0 fully saturated rings. The van der Waals surface area contributed by atoms with Gasteiger partial charge >= 0.3 is 5.97 Å². The van der Waals surface area contributed by atoms with Crippen molar-refractivity contribution in [1.29, 1.82) is 0 Å². The van der Waals surface area contributed by atoms with Crippen molar-refractivity contribution in [3.05, 3.63) is 29.3 Å². The lowest BCUT2D eigenvalue weighted by molar-refractivity contribution is -0.118. The number of halogens is 1. The standard InChI is InChI=1S/C13H14FNO3/c14-6-1-7-15-11-4-2-10(13(17)18)8-9(11)3-5-12(15)16/h2,4,8H,1,3,5-7H2,(H,17,18). The molecule has 5 heteroatoms. The van der Waals surface area contributed by atoms with Crippen LogP contribution in [0.1, 0.15) is 28.8 Å². The molecule has 0 unspecified atom stereocenters. The fraction of sp³-hybridized carbons (Fsp3) is 0.385. The van der Waals surface area contributed by atoms with E-state index in [0.29, 0.717) is 31.5 Å². The third kappa shape index (κ3) is 2.34. The molecule has 1 aromatic rings. The molecule has 0 spiro atoms. The summed E-state index contributed by atoms with van der Waals surface area (Å²) < 4.78 is 12.2. The van der Waals surface area contributed by atoms with E-state index in [1.807, 2.05) is 0 Å². The largest absolute Gasteiger partial charge is 0.478 e. The third-order valence-corrected chi connectivity index (χ3v) is 3.04. The van der Waals surface area contributed by atoms with E-state index in [1.165, 1.54) is 6.07 Å². The molecular weight excluding hydrogens is 237 g/mol. The van der Waals surface area contributed by atoms with E-state index in [2.05, 4.69) is 0 Å². The summed E-state index contributed by atoms with van der Waals surface area (Å²) in [5, 5.41) is 8.92. The van der Waals surface area contributed by atoms with Gasteiger partial charge in [-0.1, -0.05) is 0 Å². The molecule has 0 aromatic heterocycles. The molecule has 0 aliphatic carbocycles. The summed E-state index contributed by atoms with van der Waals surface area (Å²) >= 11 is 0. The topological polar surface area (TPSA) is 57.6 Å². The number of amides is 1. The molecule has 0 saturated carbocycles. The highest BCUT2D eigenvalue weighted by Crippen LogP contribution is 2.28. The Morgan fingerprint density at radius 2 is 2.17 bits per heavy atom. The zero-order valence-corrected chi connectivity index (χ0v) is 9.86. The number of aromatic carboxylic acids is 1. The van der Waals surface area contributed by atoms with Gasteiger partial charge in [0.15, 0.2) is 0 Å². The van der Waals surface area contributed by atoms with Crippen molar-refractivity contribution < 1.29 is 19.1 Å². The van der Waals surface area contributed by atoms with Gasteiger partial charge in [-0.05, 0) is 36.6 Å². The summed E-state index contributed by atoms with van der Waals surface area (Å²) in [7, 11) is 0. The first-order valence-electron chi connectivity index (χ1n) is 5.86. The fourth-order valence-electron chi connectivity index (χ4n) is 2.16. The highest BCUT2D eigenvalue weighted by Gasteiger charge is 2.24. The lowest BCUT2D eigenvalue weighted by Gasteiger charge is -2.29. The predicted molar refractivity (Wildman–Crippen MR) is 64.7 cm³/mol. The molecule has 0 saturated heterocycles. The van der Waals surface area contributed by atoms with Crippen LogP contribution in [-0.4, -0.2) is 30.2 Å². The minimum absolute atomic E-state index is 0.0287. The molecule has 1 aliphatic rings. The second kappa shape index (κ2) is 5.16. The molecule has 0 bridgehead atoms. The quantitative estimate of drug-likeness (QED) is 0.890. The Balaban J connectivity index is 2.32. The molecule has 1 heterocycles. The molecule has 2 rings (SSSR count). The summed E-state index contributed by atoms with van der Waals surface area (Å²) in [4.78, 5) is 24.2. The van der Waals surface area contributed by atoms with Crippen molar-refractivity contribution in [2.75, 3.05) is 18.1 Å². The number of rotatable bonds is 4. The van der Waals surface area contributed by atoms with Gasteiger partial charge in [0, 0.05) is 18.7 Å². The van der Waals surface area contributed by atoms with Crippen LogP contribution in [0.25, 0.3) is 0 Å². The Morgan fingerprint density at radius 3 is 2.83 bits per heavy atom. The number of nitrogens with zero attached hydrogens (tertiary/aromatic N) is 1. The van der Waals surface area contributed by atoms with Gasteiger partial charge in [0.05, 0.1) is 12.2 Å². The van der Waals surface area contributed by atoms with Gasteiger partial charge in [0.25, 0.3) is 0 Å². The maximum Gasteiger partial charge on any atom is 0.335 e. The lowest BCUT2D eigenvalue weighted by Crippen LogP contribution is -2.36. The molecule has 96 valence electrons. The monoisotopic (exact) mass is 251 g/mol. The first-order chi connectivity index (χ1) is 8.63. The number of hydrogen-bond acceptors (Lipinski definition) is 2. The summed E-state index contributed by atoms with van der Waals surface area (Å²) in [6.07, 6.45) is 1.19. The molecule has 1 amide bonds. The predicted octanol–water partition coefficient (Wildman–Crippen LogP) is 2.02. The number of carboxylic acids is 1. The van der Waals surface area contributed by atoms with Gasteiger partial charge in [-0.2, -0.15) is 0 Å². The minimum atomic E-state index is -0.981. The second-order valence-electron chi connectivity index (χ2n) is 4.24. The summed E-state index contributed by atoms with van der Waals surface area (Å²) in [5.74, 6) is -1.01. The Morgan fingerprint density at radius 1 is 1.39 bits per heavy atom. The van der Waals surface area contributed by atoms with E-state index in [9.17, 15) is 14.0 Å². The number of anilines is 1. The van der Waals surface area contributed by atoms with E-state index in [4.69, 9.17) is 5.11 Å². The maximum absolute atomic E-state index is 12.2. The average molecular weight is 251 g/mol. The Kier molecular flexibility index (Phi) is 3.60. The number of carboxylic acid groups (broad SMARTS) is 1. The van der Waals surface area contributed by atoms with Crippen LogP contribution in [-0.2, 0) is 11.2 Å². The number of fused-ring (bicyclic) bond motifs is 1. The molecule has 0 atom stereocenters. The Hall–Kier alpha value is -1.91. The van der Waals surface area contributed by atoms with Gasteiger partial charge < -0.3 is 10.0 Å². The Bertz CT molecular complexity index is 487. The normalized spacial score (nSPS) is 14.5. The van der Waals surface area contributed by atoms with Gasteiger partial charge in [-0.15, -0.1) is 0 Å². The molecule has 0 radical (unpaired) electrons. The molecular formula is C13H14FNO3. The maximum atomic E-state index is 12.2. The van der Waals surface area contributed by atoms with Crippen LogP contribution < -0.4 is 4.90 Å². The second-order valence-corrected chi connectivity index (χ2v) is 4.24. The fourth-order valence-corrected chi connectivity index (χ4v) is 2.16. The molecule has 18 heavy (non-hydrogen) atoms. The van der Waals surface area contributed by atoms with Crippen LogP contribution in [0.2, 0.25) is 0 Å². The smallest absolute Gasteiger partial charge is 0.335 e. The van der Waals surface area contributed by atoms with Crippen LogP contribution in [0.5, 0.6) is 0 Å². The van der Waals surface area contributed by atoms with Crippen LogP contribution in [0, 0.1) is 0 Å². The van der Waals surface area contributed by atoms with Crippen LogP contribution >= 0.6 is 0 Å². The van der Waals surface area contributed by atoms with Crippen LogP contribution in [0.15, 0.2) is 18.2 Å². The number of alkyl halides is 1. The van der Waals surface area contributed by atoms with E-state index in [0.717, 1.165) is 5.56 Å². The SMILES string of the molecule is O=C(O)c1ccc2c(c1)CCC(=O)N2CCCF. The van der Waals surface area contributed by atoms with Crippen molar-refractivity contribution in [3.8, 4) is 0 Å². The van der Waals surface area contributed by atoms with Crippen molar-refractivity contribution >= 4 is 17.6 Å². The number of carbonyl (C=O) groups excluding carboxylic acids is 1. The summed E-state index contributed by atoms with van der Waals surface area (Å²) in [6, 6.07) is 4.70. The van der Waals surface area contributed by atoms with E-state index >= 15 is 0 Å². The first-order valence-corrected chi connectivity index (χ1v) is 5.86. The summed E-state index contributed by atoms with van der Waals surface area (Å²) in [6.45, 7) is -0.124. The third-order valence-electron chi connectivity index (χ3n) is 3.04.